The smallest absolute Gasteiger partial charge is 0.273 e. The van der Waals surface area contributed by atoms with Gasteiger partial charge in [0.1, 0.15) is 17.3 Å². The minimum Gasteiger partial charge on any atom is -0.496 e. The van der Waals surface area contributed by atoms with E-state index in [1.54, 1.807) is 18.6 Å². The second kappa shape index (κ2) is 8.57. The van der Waals surface area contributed by atoms with Crippen LogP contribution in [0.4, 0.5) is 4.39 Å². The number of halogens is 1. The Morgan fingerprint density at radius 3 is 2.81 bits per heavy atom. The van der Waals surface area contributed by atoms with Crippen molar-refractivity contribution in [1.82, 2.24) is 14.8 Å². The van der Waals surface area contributed by atoms with E-state index in [0.717, 1.165) is 23.7 Å². The molecule has 26 heavy (non-hydrogen) atoms. The molecule has 0 bridgehead atoms. The van der Waals surface area contributed by atoms with E-state index in [9.17, 15) is 9.18 Å². The second-order valence-corrected chi connectivity index (χ2v) is 7.13. The second-order valence-electron chi connectivity index (χ2n) is 6.19. The number of hydrogen-bond acceptors (Lipinski definition) is 6. The molecule has 1 aromatic heterocycles. The van der Waals surface area contributed by atoms with Crippen molar-refractivity contribution in [2.75, 3.05) is 39.8 Å². The van der Waals surface area contributed by atoms with Crippen LogP contribution in [-0.2, 0) is 13.0 Å². The van der Waals surface area contributed by atoms with E-state index in [4.69, 9.17) is 10.5 Å². The zero-order valence-electron chi connectivity index (χ0n) is 14.8. The number of benzene rings is 1. The van der Waals surface area contributed by atoms with E-state index in [0.29, 0.717) is 44.0 Å². The van der Waals surface area contributed by atoms with Crippen LogP contribution in [0, 0.1) is 5.82 Å². The number of rotatable bonds is 6. The molecule has 0 aliphatic carbocycles. The van der Waals surface area contributed by atoms with Gasteiger partial charge in [-0.1, -0.05) is 0 Å². The SMILES string of the molecule is COc1ccc(F)cc1CN1CCN(C(=O)c2csc(CCN)n2)CC1. The summed E-state index contributed by atoms with van der Waals surface area (Å²) in [6.45, 7) is 3.83. The highest BCUT2D eigenvalue weighted by Crippen LogP contribution is 2.22. The Hall–Kier alpha value is -2.03. The maximum atomic E-state index is 13.5. The number of nitrogens with zero attached hydrogens (tertiary/aromatic N) is 3. The summed E-state index contributed by atoms with van der Waals surface area (Å²) in [4.78, 5) is 21.0. The molecule has 0 saturated carbocycles. The number of amides is 1. The molecule has 1 aliphatic heterocycles. The van der Waals surface area contributed by atoms with Crippen molar-refractivity contribution < 1.29 is 13.9 Å². The average molecular weight is 378 g/mol. The summed E-state index contributed by atoms with van der Waals surface area (Å²) >= 11 is 1.48. The number of ether oxygens (including phenoxy) is 1. The van der Waals surface area contributed by atoms with Gasteiger partial charge in [-0.3, -0.25) is 9.69 Å². The van der Waals surface area contributed by atoms with Crippen LogP contribution in [0.2, 0.25) is 0 Å². The van der Waals surface area contributed by atoms with Gasteiger partial charge < -0.3 is 15.4 Å². The van der Waals surface area contributed by atoms with Gasteiger partial charge in [-0.15, -0.1) is 11.3 Å². The van der Waals surface area contributed by atoms with Gasteiger partial charge in [-0.2, -0.15) is 0 Å². The minimum atomic E-state index is -0.272. The van der Waals surface area contributed by atoms with Gasteiger partial charge in [0.05, 0.1) is 12.1 Å². The first-order valence-corrected chi connectivity index (χ1v) is 9.47. The van der Waals surface area contributed by atoms with E-state index in [1.165, 1.54) is 23.5 Å². The molecular formula is C18H23FN4O2S. The molecular weight excluding hydrogens is 355 g/mol. The van der Waals surface area contributed by atoms with E-state index in [-0.39, 0.29) is 11.7 Å². The molecule has 2 N–H and O–H groups in total. The van der Waals surface area contributed by atoms with E-state index in [1.807, 2.05) is 4.90 Å². The van der Waals surface area contributed by atoms with Crippen molar-refractivity contribution in [3.05, 3.63) is 45.7 Å². The normalized spacial score (nSPS) is 15.3. The Bertz CT molecular complexity index is 759. The van der Waals surface area contributed by atoms with Crippen LogP contribution in [0.15, 0.2) is 23.6 Å². The number of piperazine rings is 1. The van der Waals surface area contributed by atoms with Gasteiger partial charge in [-0.05, 0) is 24.7 Å². The number of carbonyl (C=O) groups excluding carboxylic acids is 1. The van der Waals surface area contributed by atoms with Gasteiger partial charge in [0, 0.05) is 50.1 Å². The first kappa shape index (κ1) is 18.8. The third-order valence-electron chi connectivity index (χ3n) is 4.42. The fourth-order valence-electron chi connectivity index (χ4n) is 3.03. The number of methoxy groups -OCH3 is 1. The quantitative estimate of drug-likeness (QED) is 0.829. The van der Waals surface area contributed by atoms with E-state index < -0.39 is 0 Å². The Morgan fingerprint density at radius 1 is 1.35 bits per heavy atom. The fraction of sp³-hybridized carbons (Fsp3) is 0.444. The van der Waals surface area contributed by atoms with Crippen molar-refractivity contribution >= 4 is 17.2 Å². The van der Waals surface area contributed by atoms with Crippen LogP contribution in [-0.4, -0.2) is 60.5 Å². The summed E-state index contributed by atoms with van der Waals surface area (Å²) in [5, 5.41) is 2.70. The molecule has 8 heteroatoms. The Labute approximate surface area is 156 Å². The molecule has 1 fully saturated rings. The molecule has 1 amide bonds. The van der Waals surface area contributed by atoms with Gasteiger partial charge >= 0.3 is 0 Å². The van der Waals surface area contributed by atoms with Gasteiger partial charge in [0.25, 0.3) is 5.91 Å². The summed E-state index contributed by atoms with van der Waals surface area (Å²) in [5.41, 5.74) is 6.85. The lowest BCUT2D eigenvalue weighted by Gasteiger charge is -2.34. The maximum absolute atomic E-state index is 13.5. The predicted octanol–water partition coefficient (Wildman–Crippen LogP) is 1.75. The zero-order valence-corrected chi connectivity index (χ0v) is 15.6. The molecule has 140 valence electrons. The molecule has 0 unspecified atom stereocenters. The summed E-state index contributed by atoms with van der Waals surface area (Å²) < 4.78 is 18.8. The van der Waals surface area contributed by atoms with Crippen molar-refractivity contribution in [3.8, 4) is 5.75 Å². The highest BCUT2D eigenvalue weighted by molar-refractivity contribution is 7.09. The lowest BCUT2D eigenvalue weighted by molar-refractivity contribution is 0.0622. The number of aromatic nitrogens is 1. The molecule has 2 heterocycles. The lowest BCUT2D eigenvalue weighted by Crippen LogP contribution is -2.48. The van der Waals surface area contributed by atoms with Crippen molar-refractivity contribution in [2.45, 2.75) is 13.0 Å². The predicted molar refractivity (Wildman–Crippen MR) is 99.0 cm³/mol. The van der Waals surface area contributed by atoms with Crippen LogP contribution in [0.5, 0.6) is 5.75 Å². The molecule has 2 aromatic rings. The largest absolute Gasteiger partial charge is 0.496 e. The van der Waals surface area contributed by atoms with Crippen LogP contribution in [0.1, 0.15) is 21.1 Å². The lowest BCUT2D eigenvalue weighted by atomic mass is 10.1. The number of nitrogens with two attached hydrogens (primary N) is 1. The molecule has 6 nitrogen and oxygen atoms in total. The molecule has 0 spiro atoms. The number of thiazole rings is 1. The summed E-state index contributed by atoms with van der Waals surface area (Å²) in [6, 6.07) is 4.54. The summed E-state index contributed by atoms with van der Waals surface area (Å²) in [5.74, 6) is 0.374. The van der Waals surface area contributed by atoms with Gasteiger partial charge in [0.15, 0.2) is 0 Å². The summed E-state index contributed by atoms with van der Waals surface area (Å²) in [6.07, 6.45) is 0.696. The topological polar surface area (TPSA) is 71.7 Å². The molecule has 1 aliphatic rings. The fourth-order valence-corrected chi connectivity index (χ4v) is 3.82. The van der Waals surface area contributed by atoms with Gasteiger partial charge in [-0.25, -0.2) is 9.37 Å². The highest BCUT2D eigenvalue weighted by Gasteiger charge is 2.24. The van der Waals surface area contributed by atoms with Crippen LogP contribution in [0.3, 0.4) is 0 Å². The van der Waals surface area contributed by atoms with Crippen molar-refractivity contribution in [2.24, 2.45) is 5.73 Å². The molecule has 0 radical (unpaired) electrons. The van der Waals surface area contributed by atoms with E-state index >= 15 is 0 Å². The van der Waals surface area contributed by atoms with Gasteiger partial charge in [0.2, 0.25) is 0 Å². The molecule has 1 aromatic carbocycles. The first-order chi connectivity index (χ1) is 12.6. The third kappa shape index (κ3) is 4.38. The zero-order chi connectivity index (χ0) is 18.5. The first-order valence-electron chi connectivity index (χ1n) is 8.59. The third-order valence-corrected chi connectivity index (χ3v) is 5.33. The average Bonchev–Trinajstić information content (AvgIpc) is 3.11. The molecule has 0 atom stereocenters. The van der Waals surface area contributed by atoms with Crippen LogP contribution >= 0.6 is 11.3 Å². The van der Waals surface area contributed by atoms with Crippen molar-refractivity contribution in [3.63, 3.8) is 0 Å². The maximum Gasteiger partial charge on any atom is 0.273 e. The molecule has 3 rings (SSSR count). The van der Waals surface area contributed by atoms with Crippen molar-refractivity contribution in [1.29, 1.82) is 0 Å². The number of carbonyl (C=O) groups is 1. The van der Waals surface area contributed by atoms with E-state index in [2.05, 4.69) is 9.88 Å². The Kier molecular flexibility index (Phi) is 6.18. The number of hydrogen-bond donors (Lipinski definition) is 1. The summed E-state index contributed by atoms with van der Waals surface area (Å²) in [7, 11) is 1.58. The molecule has 1 saturated heterocycles. The van der Waals surface area contributed by atoms with Crippen LogP contribution in [0.25, 0.3) is 0 Å². The Morgan fingerprint density at radius 2 is 2.12 bits per heavy atom. The minimum absolute atomic E-state index is 0.0347. The Balaban J connectivity index is 1.57. The standard InChI is InChI=1S/C18H23FN4O2S/c1-25-16-3-2-14(19)10-13(16)11-22-6-8-23(9-7-22)18(24)15-12-26-17(21-15)4-5-20/h2-3,10,12H,4-9,11,20H2,1H3. The highest BCUT2D eigenvalue weighted by atomic mass is 32.1. The van der Waals surface area contributed by atoms with Crippen LogP contribution < -0.4 is 10.5 Å². The monoisotopic (exact) mass is 378 g/mol.